The highest BCUT2D eigenvalue weighted by atomic mass is 16.7. The molecule has 1 aromatic heterocycles. The molecule has 15 heavy (non-hydrogen) atoms. The molecule has 7 heteroatoms. The van der Waals surface area contributed by atoms with Crippen LogP contribution in [-0.4, -0.2) is 46.1 Å². The SMILES string of the molecule is CON(C)C(=O)c1nn(C(=O)O)cc1C. The molecule has 1 N–H and O–H groups in total. The highest BCUT2D eigenvalue weighted by molar-refractivity contribution is 5.93. The van der Waals surface area contributed by atoms with Gasteiger partial charge in [0.15, 0.2) is 5.69 Å². The van der Waals surface area contributed by atoms with Crippen LogP contribution in [0.3, 0.4) is 0 Å². The van der Waals surface area contributed by atoms with Gasteiger partial charge in [-0.25, -0.2) is 9.86 Å². The van der Waals surface area contributed by atoms with E-state index in [1.807, 2.05) is 0 Å². The third kappa shape index (κ3) is 2.13. The van der Waals surface area contributed by atoms with E-state index in [2.05, 4.69) is 9.94 Å². The number of carbonyl (C=O) groups is 2. The van der Waals surface area contributed by atoms with Crippen LogP contribution in [0.4, 0.5) is 4.79 Å². The van der Waals surface area contributed by atoms with E-state index in [4.69, 9.17) is 5.11 Å². The molecule has 1 rings (SSSR count). The summed E-state index contributed by atoms with van der Waals surface area (Å²) in [5.41, 5.74) is 0.535. The minimum atomic E-state index is -1.24. The van der Waals surface area contributed by atoms with Crippen molar-refractivity contribution in [3.8, 4) is 0 Å². The highest BCUT2D eigenvalue weighted by Gasteiger charge is 2.19. The predicted octanol–water partition coefficient (Wildman–Crippen LogP) is 0.351. The summed E-state index contributed by atoms with van der Waals surface area (Å²) in [6.45, 7) is 1.60. The van der Waals surface area contributed by atoms with E-state index in [1.165, 1.54) is 20.4 Å². The Bertz CT molecular complexity index is 399. The zero-order valence-corrected chi connectivity index (χ0v) is 8.59. The molecule has 0 aliphatic heterocycles. The molecular formula is C8H11N3O4. The number of rotatable bonds is 2. The molecule has 0 aliphatic rings. The summed E-state index contributed by atoms with van der Waals surface area (Å²) in [7, 11) is 2.75. The van der Waals surface area contributed by atoms with Crippen molar-refractivity contribution in [3.05, 3.63) is 17.5 Å². The minimum Gasteiger partial charge on any atom is -0.463 e. The third-order valence-electron chi connectivity index (χ3n) is 1.86. The molecule has 0 aromatic carbocycles. The van der Waals surface area contributed by atoms with Gasteiger partial charge in [-0.2, -0.15) is 9.78 Å². The fourth-order valence-corrected chi connectivity index (χ4v) is 1.00. The fraction of sp³-hybridized carbons (Fsp3) is 0.375. The molecule has 0 saturated heterocycles. The van der Waals surface area contributed by atoms with Gasteiger partial charge in [0.2, 0.25) is 0 Å². The maximum atomic E-state index is 11.6. The predicted molar refractivity (Wildman–Crippen MR) is 49.5 cm³/mol. The van der Waals surface area contributed by atoms with Crippen molar-refractivity contribution in [1.82, 2.24) is 14.8 Å². The quantitative estimate of drug-likeness (QED) is 0.716. The van der Waals surface area contributed by atoms with Crippen LogP contribution in [0, 0.1) is 6.92 Å². The number of hydroxylamine groups is 2. The average Bonchev–Trinajstić information content (AvgIpc) is 2.58. The second-order valence-corrected chi connectivity index (χ2v) is 2.87. The number of aromatic nitrogens is 2. The lowest BCUT2D eigenvalue weighted by molar-refractivity contribution is -0.0761. The number of amides is 1. The van der Waals surface area contributed by atoms with Gasteiger partial charge < -0.3 is 5.11 Å². The first-order valence-corrected chi connectivity index (χ1v) is 4.09. The van der Waals surface area contributed by atoms with E-state index >= 15 is 0 Å². The van der Waals surface area contributed by atoms with Gasteiger partial charge in [0, 0.05) is 18.8 Å². The van der Waals surface area contributed by atoms with Crippen molar-refractivity contribution < 1.29 is 19.5 Å². The zero-order valence-electron chi connectivity index (χ0n) is 8.59. The molecule has 0 fully saturated rings. The number of carbonyl (C=O) groups excluding carboxylic acids is 1. The fourth-order valence-electron chi connectivity index (χ4n) is 1.00. The average molecular weight is 213 g/mol. The number of aryl methyl sites for hydroxylation is 1. The Morgan fingerprint density at radius 1 is 1.60 bits per heavy atom. The number of nitrogens with zero attached hydrogens (tertiary/aromatic N) is 3. The minimum absolute atomic E-state index is 0.0572. The van der Waals surface area contributed by atoms with E-state index in [0.717, 1.165) is 5.06 Å². The van der Waals surface area contributed by atoms with Crippen LogP contribution < -0.4 is 0 Å². The van der Waals surface area contributed by atoms with Gasteiger partial charge in [0.25, 0.3) is 5.91 Å². The normalized spacial score (nSPS) is 10.1. The van der Waals surface area contributed by atoms with E-state index < -0.39 is 12.0 Å². The lowest BCUT2D eigenvalue weighted by Gasteiger charge is -2.11. The van der Waals surface area contributed by atoms with Crippen LogP contribution in [0.15, 0.2) is 6.20 Å². The van der Waals surface area contributed by atoms with E-state index in [0.29, 0.717) is 10.2 Å². The maximum Gasteiger partial charge on any atom is 0.432 e. The van der Waals surface area contributed by atoms with Gasteiger partial charge in [-0.3, -0.25) is 9.63 Å². The van der Waals surface area contributed by atoms with E-state index in [-0.39, 0.29) is 5.69 Å². The summed E-state index contributed by atoms with van der Waals surface area (Å²) >= 11 is 0. The Morgan fingerprint density at radius 3 is 2.60 bits per heavy atom. The maximum absolute atomic E-state index is 11.6. The number of hydrogen-bond donors (Lipinski definition) is 1. The largest absolute Gasteiger partial charge is 0.463 e. The molecule has 82 valence electrons. The van der Waals surface area contributed by atoms with Crippen LogP contribution in [0.5, 0.6) is 0 Å². The van der Waals surface area contributed by atoms with Gasteiger partial charge >= 0.3 is 6.09 Å². The number of carboxylic acid groups (broad SMARTS) is 1. The van der Waals surface area contributed by atoms with Crippen LogP contribution in [0.2, 0.25) is 0 Å². The smallest absolute Gasteiger partial charge is 0.432 e. The Hall–Kier alpha value is -1.89. The van der Waals surface area contributed by atoms with Crippen molar-refractivity contribution in [3.63, 3.8) is 0 Å². The topological polar surface area (TPSA) is 84.7 Å². The summed E-state index contributed by atoms with van der Waals surface area (Å²) in [6, 6.07) is 0. The first-order valence-electron chi connectivity index (χ1n) is 4.09. The van der Waals surface area contributed by atoms with E-state index in [9.17, 15) is 9.59 Å². The molecular weight excluding hydrogens is 202 g/mol. The first-order chi connectivity index (χ1) is 6.97. The van der Waals surface area contributed by atoms with Crippen molar-refractivity contribution in [2.45, 2.75) is 6.92 Å². The summed E-state index contributed by atoms with van der Waals surface area (Å²) in [5, 5.41) is 13.2. The Labute approximate surface area is 85.8 Å². The van der Waals surface area contributed by atoms with Gasteiger partial charge in [-0.1, -0.05) is 0 Å². The third-order valence-corrected chi connectivity index (χ3v) is 1.86. The second kappa shape index (κ2) is 4.09. The van der Waals surface area contributed by atoms with Crippen molar-refractivity contribution in [2.75, 3.05) is 14.2 Å². The van der Waals surface area contributed by atoms with Crippen LogP contribution in [0.1, 0.15) is 16.1 Å². The summed E-state index contributed by atoms with van der Waals surface area (Å²) in [5.74, 6) is -0.491. The van der Waals surface area contributed by atoms with Crippen LogP contribution in [-0.2, 0) is 4.84 Å². The van der Waals surface area contributed by atoms with E-state index in [1.54, 1.807) is 6.92 Å². The molecule has 1 amide bonds. The van der Waals surface area contributed by atoms with Crippen molar-refractivity contribution >= 4 is 12.0 Å². The Balaban J connectivity index is 3.05. The Morgan fingerprint density at radius 2 is 2.20 bits per heavy atom. The summed E-state index contributed by atoms with van der Waals surface area (Å²) in [6.07, 6.45) is 0.0243. The van der Waals surface area contributed by atoms with Gasteiger partial charge in [-0.05, 0) is 6.92 Å². The van der Waals surface area contributed by atoms with Gasteiger partial charge in [0.05, 0.1) is 7.11 Å². The molecule has 1 heterocycles. The molecule has 0 bridgehead atoms. The zero-order chi connectivity index (χ0) is 11.6. The standard InChI is InChI=1S/C8H11N3O4/c1-5-4-11(8(13)14)9-6(5)7(12)10(2)15-3/h4H,1-3H3,(H,13,14). The molecule has 1 aromatic rings. The number of hydrogen-bond acceptors (Lipinski definition) is 4. The van der Waals surface area contributed by atoms with Crippen molar-refractivity contribution in [2.24, 2.45) is 0 Å². The molecule has 0 spiro atoms. The van der Waals surface area contributed by atoms with Crippen LogP contribution >= 0.6 is 0 Å². The van der Waals surface area contributed by atoms with Crippen LogP contribution in [0.25, 0.3) is 0 Å². The molecule has 7 nitrogen and oxygen atoms in total. The highest BCUT2D eigenvalue weighted by Crippen LogP contribution is 2.07. The molecule has 0 aliphatic carbocycles. The lowest BCUT2D eigenvalue weighted by Crippen LogP contribution is -2.26. The van der Waals surface area contributed by atoms with Gasteiger partial charge in [-0.15, -0.1) is 0 Å². The first kappa shape index (κ1) is 11.2. The molecule has 0 radical (unpaired) electrons. The summed E-state index contributed by atoms with van der Waals surface area (Å²) < 4.78 is 0.687. The second-order valence-electron chi connectivity index (χ2n) is 2.87. The van der Waals surface area contributed by atoms with Gasteiger partial charge in [0.1, 0.15) is 0 Å². The molecule has 0 unspecified atom stereocenters. The Kier molecular flexibility index (Phi) is 3.05. The monoisotopic (exact) mass is 213 g/mol. The summed E-state index contributed by atoms with van der Waals surface area (Å²) in [4.78, 5) is 26.8. The molecule has 0 atom stereocenters. The lowest BCUT2D eigenvalue weighted by atomic mass is 10.3. The molecule has 0 saturated carbocycles. The van der Waals surface area contributed by atoms with Crippen molar-refractivity contribution in [1.29, 1.82) is 0 Å².